The maximum absolute atomic E-state index is 7.89. The minimum absolute atomic E-state index is 0. The molecule has 0 fully saturated rings. The number of hydrogen-bond donors (Lipinski definition) is 0. The van der Waals surface area contributed by atoms with Crippen LogP contribution in [0.5, 0.6) is 0 Å². The van der Waals surface area contributed by atoms with Crippen LogP contribution >= 0.6 is 0 Å². The van der Waals surface area contributed by atoms with Crippen LogP contribution in [-0.4, -0.2) is 9.97 Å². The molecule has 0 N–H and O–H groups in total. The summed E-state index contributed by atoms with van der Waals surface area (Å²) in [4.78, 5) is 8.42. The Balaban J connectivity index is 0.000000230. The van der Waals surface area contributed by atoms with Crippen LogP contribution in [0, 0.1) is 39.5 Å². The molecule has 0 saturated carbocycles. The van der Waals surface area contributed by atoms with E-state index in [1.165, 1.54) is 36.0 Å². The molecule has 7 rings (SSSR count). The molecular weight excluding hydrogens is 693 g/mol. The SMILES string of the molecule is [2H]C([2H])([2H])c1c[c-]c(-c2ccc(C([2H])([2H])[2H])cn2)cc1.[2H]C([2H])([2H])c1cnc(-c2[c-]cc3c4c2oc2cccc(c24)C(C)(C)C3(C)C)cc1C([2H])([2H])[2H].[Ir]. The summed E-state index contributed by atoms with van der Waals surface area (Å²) in [6, 6.07) is 23.1. The zero-order valence-corrected chi connectivity index (χ0v) is 26.0. The zero-order chi connectivity index (χ0) is 39.1. The van der Waals surface area contributed by atoms with E-state index in [2.05, 4.69) is 55.9 Å². The molecule has 3 aromatic heterocycles. The number of nitrogens with zero attached hydrogens (tertiary/aromatic N) is 2. The smallest absolute Gasteiger partial charge is 0.121 e. The van der Waals surface area contributed by atoms with Gasteiger partial charge in [-0.25, -0.2) is 0 Å². The van der Waals surface area contributed by atoms with Crippen LogP contribution in [-0.2, 0) is 30.9 Å². The van der Waals surface area contributed by atoms with Gasteiger partial charge in [0.05, 0.1) is 5.58 Å². The van der Waals surface area contributed by atoms with E-state index in [9.17, 15) is 0 Å². The van der Waals surface area contributed by atoms with Gasteiger partial charge in [-0.1, -0.05) is 81.4 Å². The topological polar surface area (TPSA) is 38.9 Å². The molecule has 4 heteroatoms. The number of benzene rings is 3. The summed E-state index contributed by atoms with van der Waals surface area (Å²) in [5, 5.41) is 2.04. The Kier molecular flexibility index (Phi) is 4.72. The fourth-order valence-electron chi connectivity index (χ4n) is 5.47. The minimum atomic E-state index is -2.60. The van der Waals surface area contributed by atoms with Crippen molar-refractivity contribution in [3.05, 3.63) is 119 Å². The van der Waals surface area contributed by atoms with Crippen LogP contribution in [0.3, 0.4) is 0 Å². The van der Waals surface area contributed by atoms with Gasteiger partial charge in [0.15, 0.2) is 0 Å². The first kappa shape index (κ1) is 18.2. The Morgan fingerprint density at radius 1 is 0.714 bits per heavy atom. The molecule has 3 heterocycles. The molecule has 0 spiro atoms. The van der Waals surface area contributed by atoms with Crippen molar-refractivity contribution < 1.29 is 41.0 Å². The van der Waals surface area contributed by atoms with E-state index in [1.54, 1.807) is 12.1 Å². The molecular formula is C38H36IrN2O-2. The van der Waals surface area contributed by atoms with Crippen molar-refractivity contribution in [3.8, 4) is 22.5 Å². The molecule has 0 saturated heterocycles. The van der Waals surface area contributed by atoms with E-state index in [0.717, 1.165) is 28.1 Å². The molecule has 3 nitrogen and oxygen atoms in total. The molecule has 3 aromatic carbocycles. The van der Waals surface area contributed by atoms with E-state index in [0.29, 0.717) is 28.1 Å². The van der Waals surface area contributed by atoms with Gasteiger partial charge in [0.1, 0.15) is 5.58 Å². The Hall–Kier alpha value is -3.59. The van der Waals surface area contributed by atoms with E-state index < -0.39 is 27.4 Å². The van der Waals surface area contributed by atoms with Gasteiger partial charge in [-0.2, -0.15) is 0 Å². The van der Waals surface area contributed by atoms with Crippen LogP contribution in [0.4, 0.5) is 0 Å². The third-order valence-electron chi connectivity index (χ3n) is 8.49. The summed E-state index contributed by atoms with van der Waals surface area (Å²) in [6.45, 7) is -0.638. The average Bonchev–Trinajstić information content (AvgIpc) is 3.46. The van der Waals surface area contributed by atoms with Crippen molar-refractivity contribution in [3.63, 3.8) is 0 Å². The molecule has 0 unspecified atom stereocenters. The van der Waals surface area contributed by atoms with Gasteiger partial charge in [0.2, 0.25) is 0 Å². The molecule has 0 amide bonds. The van der Waals surface area contributed by atoms with Crippen molar-refractivity contribution in [2.24, 2.45) is 0 Å². The molecule has 215 valence electrons. The summed E-state index contributed by atoms with van der Waals surface area (Å²) in [7, 11) is 0. The second-order valence-corrected chi connectivity index (χ2v) is 11.4. The standard InChI is InChI=1S/C25H24NO.C13H12N.Ir/c1-14-12-19(26-13-15(14)2)16-10-11-18-22-21-17(24(3,4)25(18,5)6)8-7-9-20(21)27-23(16)22;1-10-3-6-12(7-4-10)13-8-5-11(2)9-14-13;/h7-9,11-13H,1-6H3;3-6,8-9H,1-2H3;/q2*-1;/i2*1D3,2D3;. The van der Waals surface area contributed by atoms with Crippen LogP contribution in [0.25, 0.3) is 44.5 Å². The van der Waals surface area contributed by atoms with E-state index in [4.69, 9.17) is 20.9 Å². The largest absolute Gasteiger partial charge is 0.501 e. The summed E-state index contributed by atoms with van der Waals surface area (Å²) in [5.41, 5.74) is 5.17. The minimum Gasteiger partial charge on any atom is -0.501 e. The summed E-state index contributed by atoms with van der Waals surface area (Å²) in [5.74, 6) is 0. The van der Waals surface area contributed by atoms with Crippen molar-refractivity contribution in [2.45, 2.75) is 65.9 Å². The average molecular weight is 741 g/mol. The maximum Gasteiger partial charge on any atom is 0.121 e. The van der Waals surface area contributed by atoms with Gasteiger partial charge in [0, 0.05) is 54.3 Å². The normalized spacial score (nSPS) is 19.8. The number of aryl methyl sites for hydroxylation is 4. The summed E-state index contributed by atoms with van der Waals surface area (Å²) in [6.07, 6.45) is 2.44. The molecule has 0 atom stereocenters. The number of hydrogen-bond acceptors (Lipinski definition) is 3. The van der Waals surface area contributed by atoms with E-state index >= 15 is 0 Å². The van der Waals surface area contributed by atoms with Gasteiger partial charge < -0.3 is 14.4 Å². The molecule has 1 aliphatic carbocycles. The van der Waals surface area contributed by atoms with Gasteiger partial charge in [-0.3, -0.25) is 0 Å². The maximum atomic E-state index is 7.89. The first-order valence-corrected chi connectivity index (χ1v) is 13.2. The predicted octanol–water partition coefficient (Wildman–Crippen LogP) is 9.80. The van der Waals surface area contributed by atoms with Crippen molar-refractivity contribution >= 4 is 21.9 Å². The monoisotopic (exact) mass is 741 g/mol. The zero-order valence-electron chi connectivity index (χ0n) is 35.6. The van der Waals surface area contributed by atoms with Crippen molar-refractivity contribution in [1.29, 1.82) is 0 Å². The Bertz CT molecular complexity index is 2280. The number of aromatic nitrogens is 2. The van der Waals surface area contributed by atoms with Crippen LogP contribution in [0.1, 0.15) is 77.5 Å². The molecule has 1 aliphatic rings. The second kappa shape index (κ2) is 10.9. The van der Waals surface area contributed by atoms with Gasteiger partial charge >= 0.3 is 0 Å². The Morgan fingerprint density at radius 2 is 1.48 bits per heavy atom. The number of pyridine rings is 2. The van der Waals surface area contributed by atoms with Gasteiger partial charge in [-0.15, -0.1) is 53.1 Å². The molecule has 1 radical (unpaired) electrons. The van der Waals surface area contributed by atoms with Crippen molar-refractivity contribution in [1.82, 2.24) is 9.97 Å². The van der Waals surface area contributed by atoms with Gasteiger partial charge in [-0.05, 0) is 65.5 Å². The Morgan fingerprint density at radius 3 is 2.17 bits per heavy atom. The van der Waals surface area contributed by atoms with Crippen molar-refractivity contribution in [2.75, 3.05) is 0 Å². The van der Waals surface area contributed by atoms with Gasteiger partial charge in [0.25, 0.3) is 0 Å². The Labute approximate surface area is 279 Å². The van der Waals surface area contributed by atoms with Crippen LogP contribution < -0.4 is 0 Å². The molecule has 0 aliphatic heterocycles. The third kappa shape index (κ3) is 4.81. The summed E-state index contributed by atoms with van der Waals surface area (Å²) < 4.78 is 96.8. The molecule has 42 heavy (non-hydrogen) atoms. The fraction of sp³-hybridized carbons (Fsp3) is 0.263. The van der Waals surface area contributed by atoms with E-state index in [1.807, 2.05) is 18.2 Å². The summed E-state index contributed by atoms with van der Waals surface area (Å²) >= 11 is 0. The van der Waals surface area contributed by atoms with Crippen LogP contribution in [0.15, 0.2) is 77.5 Å². The van der Waals surface area contributed by atoms with E-state index in [-0.39, 0.29) is 53.2 Å². The second-order valence-electron chi connectivity index (χ2n) is 11.4. The first-order valence-electron chi connectivity index (χ1n) is 19.2. The molecule has 6 aromatic rings. The quantitative estimate of drug-likeness (QED) is 0.166. The first-order chi connectivity index (χ1) is 24.3. The predicted molar refractivity (Wildman–Crippen MR) is 169 cm³/mol. The number of furan rings is 1. The molecule has 0 bridgehead atoms. The third-order valence-corrected chi connectivity index (χ3v) is 8.49. The van der Waals surface area contributed by atoms with Crippen LogP contribution in [0.2, 0.25) is 0 Å². The number of rotatable bonds is 2. The fourth-order valence-corrected chi connectivity index (χ4v) is 5.47.